The lowest BCUT2D eigenvalue weighted by molar-refractivity contribution is -0.158. The molecule has 2 N–H and O–H groups in total. The van der Waals surface area contributed by atoms with Gasteiger partial charge in [-0.3, -0.25) is 19.2 Å². The maximum atomic E-state index is 14.4. The summed E-state index contributed by atoms with van der Waals surface area (Å²) < 4.78 is 12.1. The Morgan fingerprint density at radius 1 is 1.08 bits per heavy atom. The van der Waals surface area contributed by atoms with E-state index in [0.29, 0.717) is 32.4 Å². The zero-order valence-electron chi connectivity index (χ0n) is 23.6. The van der Waals surface area contributed by atoms with Crippen molar-refractivity contribution in [3.63, 3.8) is 0 Å². The number of fused-ring (bicyclic) bond motifs is 2. The third kappa shape index (κ3) is 5.77. The Balaban J connectivity index is 1.72. The number of ether oxygens (including phenoxy) is 2. The van der Waals surface area contributed by atoms with Crippen molar-refractivity contribution in [2.24, 2.45) is 11.8 Å². The van der Waals surface area contributed by atoms with Gasteiger partial charge in [-0.15, -0.1) is 0 Å². The van der Waals surface area contributed by atoms with E-state index in [1.165, 1.54) is 0 Å². The number of amides is 3. The van der Waals surface area contributed by atoms with E-state index in [0.717, 1.165) is 12.8 Å². The summed E-state index contributed by atoms with van der Waals surface area (Å²) >= 11 is 0. The molecule has 5 bridgehead atoms. The number of nitrogens with one attached hydrogen (secondary N) is 1. The lowest BCUT2D eigenvalue weighted by Crippen LogP contribution is -2.59. The van der Waals surface area contributed by atoms with Crippen molar-refractivity contribution in [2.75, 3.05) is 26.2 Å². The number of likely N-dealkylation sites (tertiary alicyclic amines) is 1. The summed E-state index contributed by atoms with van der Waals surface area (Å²) in [6, 6.07) is -0.907. The number of hydrogen-bond donors (Lipinski definition) is 2. The molecule has 0 saturated carbocycles. The van der Waals surface area contributed by atoms with Gasteiger partial charge in [0.25, 0.3) is 0 Å². The second-order valence-corrected chi connectivity index (χ2v) is 12.1. The van der Waals surface area contributed by atoms with Crippen molar-refractivity contribution in [2.45, 2.75) is 95.6 Å². The maximum Gasteiger partial charge on any atom is 0.313 e. The van der Waals surface area contributed by atoms with Gasteiger partial charge >= 0.3 is 5.97 Å². The number of aliphatic hydroxyl groups is 1. The fourth-order valence-electron chi connectivity index (χ4n) is 6.22. The van der Waals surface area contributed by atoms with Crippen LogP contribution in [0.1, 0.15) is 66.2 Å². The molecule has 10 heteroatoms. The zero-order valence-corrected chi connectivity index (χ0v) is 23.6. The molecule has 2 saturated heterocycles. The third-order valence-electron chi connectivity index (χ3n) is 8.16. The quantitative estimate of drug-likeness (QED) is 0.296. The van der Waals surface area contributed by atoms with Crippen molar-refractivity contribution in [1.82, 2.24) is 15.1 Å². The topological polar surface area (TPSA) is 125 Å². The number of rotatable bonds is 6. The Labute approximate surface area is 230 Å². The van der Waals surface area contributed by atoms with Gasteiger partial charge in [0.1, 0.15) is 23.7 Å². The maximum absolute atomic E-state index is 14.4. The average molecular weight is 546 g/mol. The van der Waals surface area contributed by atoms with E-state index in [4.69, 9.17) is 14.6 Å². The summed E-state index contributed by atoms with van der Waals surface area (Å²) in [7, 11) is 0. The highest BCUT2D eigenvalue weighted by atomic mass is 16.6. The summed E-state index contributed by atoms with van der Waals surface area (Å²) in [6.07, 6.45) is 9.92. The van der Waals surface area contributed by atoms with Crippen molar-refractivity contribution in [1.29, 1.82) is 0 Å². The molecule has 10 nitrogen and oxygen atoms in total. The molecular formula is C29H43N3O7. The fraction of sp³-hybridized carbons (Fsp3) is 0.724. The Hall–Kier alpha value is -2.72. The van der Waals surface area contributed by atoms with E-state index >= 15 is 0 Å². The smallest absolute Gasteiger partial charge is 0.313 e. The summed E-state index contributed by atoms with van der Waals surface area (Å²) in [6.45, 7) is 8.52. The van der Waals surface area contributed by atoms with Gasteiger partial charge in [-0.1, -0.05) is 37.1 Å². The van der Waals surface area contributed by atoms with Crippen LogP contribution in [-0.2, 0) is 28.7 Å². The number of carbonyl (C=O) groups is 4. The fourth-order valence-corrected chi connectivity index (χ4v) is 6.22. The Bertz CT molecular complexity index is 1020. The summed E-state index contributed by atoms with van der Waals surface area (Å²) in [5, 5.41) is 11.9. The molecular weight excluding hydrogens is 502 g/mol. The van der Waals surface area contributed by atoms with Crippen LogP contribution in [0.5, 0.6) is 0 Å². The number of cyclic esters (lactones) is 1. The second kappa shape index (κ2) is 11.8. The largest absolute Gasteiger partial charge is 0.460 e. The molecule has 0 aromatic carbocycles. The van der Waals surface area contributed by atoms with E-state index in [1.807, 2.05) is 39.0 Å². The molecule has 3 amide bonds. The standard InChI is InChI=1S/C29H43N3O7/c1-19-18-30-21(34)12-8-7-10-16-32(28(2,3)4)26(36)24-29-14-13-20(39-29)22(27(37)38-19)23(29)25(35)31(24)15-9-5-6-11-17-33/h7,10,13-14,19-20,22-24,33H,5-6,8-9,11-12,15-18H2,1-4H3,(H,30,34)/b10-7-/t19-,20+,22-,23-,24+,29-/m0/s1. The van der Waals surface area contributed by atoms with Crippen molar-refractivity contribution in [3.05, 3.63) is 24.3 Å². The molecule has 1 spiro atoms. The first-order chi connectivity index (χ1) is 18.5. The average Bonchev–Trinajstić information content (AvgIpc) is 3.50. The number of nitrogens with zero attached hydrogens (tertiary/aromatic N) is 2. The SMILES string of the molecule is C[C@H]1CNC(=O)CC/C=C\CN(C(C)(C)C)C(=O)[C@H]2N(CCCCCCO)C(=O)[C@@H]3[C@@H](C(=O)O1)[C@H]1C=C[C@]32O1. The number of allylic oxidation sites excluding steroid dienone is 1. The van der Waals surface area contributed by atoms with Crippen LogP contribution in [0.2, 0.25) is 0 Å². The highest BCUT2D eigenvalue weighted by molar-refractivity contribution is 5.99. The minimum atomic E-state index is -1.24. The van der Waals surface area contributed by atoms with E-state index in [2.05, 4.69) is 5.32 Å². The zero-order chi connectivity index (χ0) is 28.4. The van der Waals surface area contributed by atoms with Gasteiger partial charge in [0.15, 0.2) is 0 Å². The number of aliphatic hydroxyl groups excluding tert-OH is 1. The molecule has 216 valence electrons. The van der Waals surface area contributed by atoms with Crippen LogP contribution < -0.4 is 5.32 Å². The van der Waals surface area contributed by atoms with Gasteiger partial charge in [-0.05, 0) is 47.0 Å². The Morgan fingerprint density at radius 3 is 2.54 bits per heavy atom. The molecule has 4 aliphatic rings. The minimum Gasteiger partial charge on any atom is -0.460 e. The molecule has 4 heterocycles. The van der Waals surface area contributed by atoms with Crippen molar-refractivity contribution in [3.8, 4) is 0 Å². The summed E-state index contributed by atoms with van der Waals surface area (Å²) in [5.41, 5.74) is -1.80. The van der Waals surface area contributed by atoms with Crippen LogP contribution in [0.3, 0.4) is 0 Å². The number of carbonyl (C=O) groups excluding carboxylic acids is 4. The summed E-state index contributed by atoms with van der Waals surface area (Å²) in [5.74, 6) is -2.93. The first-order valence-electron chi connectivity index (χ1n) is 14.2. The third-order valence-corrected chi connectivity index (χ3v) is 8.16. The van der Waals surface area contributed by atoms with Gasteiger partial charge in [-0.2, -0.15) is 0 Å². The first kappa shape index (κ1) is 29.3. The monoisotopic (exact) mass is 545 g/mol. The predicted molar refractivity (Wildman–Crippen MR) is 143 cm³/mol. The Kier molecular flexibility index (Phi) is 8.85. The van der Waals surface area contributed by atoms with Crippen LogP contribution in [-0.4, -0.2) is 94.2 Å². The van der Waals surface area contributed by atoms with Crippen LogP contribution in [0.4, 0.5) is 0 Å². The molecule has 0 radical (unpaired) electrons. The van der Waals surface area contributed by atoms with Crippen molar-refractivity contribution < 1.29 is 33.8 Å². The lowest BCUT2D eigenvalue weighted by atomic mass is 9.74. The normalized spacial score (nSPS) is 34.3. The predicted octanol–water partition coefficient (Wildman–Crippen LogP) is 1.71. The van der Waals surface area contributed by atoms with Crippen LogP contribution in [0.15, 0.2) is 24.3 Å². The molecule has 0 aromatic rings. The molecule has 0 aliphatic carbocycles. The number of unbranched alkanes of at least 4 members (excludes halogenated alkanes) is 3. The summed E-state index contributed by atoms with van der Waals surface area (Å²) in [4.78, 5) is 57.5. The van der Waals surface area contributed by atoms with Gasteiger partial charge in [-0.25, -0.2) is 0 Å². The van der Waals surface area contributed by atoms with E-state index in [9.17, 15) is 19.2 Å². The van der Waals surface area contributed by atoms with E-state index < -0.39 is 47.2 Å². The van der Waals surface area contributed by atoms with E-state index in [-0.39, 0.29) is 37.3 Å². The molecule has 6 atom stereocenters. The van der Waals surface area contributed by atoms with Gasteiger partial charge in [0.05, 0.1) is 18.6 Å². The molecule has 2 fully saturated rings. The van der Waals surface area contributed by atoms with E-state index in [1.54, 1.807) is 22.8 Å². The Morgan fingerprint density at radius 2 is 1.82 bits per heavy atom. The molecule has 4 aliphatic heterocycles. The number of esters is 1. The highest BCUT2D eigenvalue weighted by Gasteiger charge is 2.73. The van der Waals surface area contributed by atoms with Crippen LogP contribution >= 0.6 is 0 Å². The lowest BCUT2D eigenvalue weighted by Gasteiger charge is -2.41. The molecule has 0 aromatic heterocycles. The minimum absolute atomic E-state index is 0.120. The number of hydrogen-bond acceptors (Lipinski definition) is 7. The molecule has 4 rings (SSSR count). The van der Waals surface area contributed by atoms with Gasteiger partial charge in [0.2, 0.25) is 17.7 Å². The highest BCUT2D eigenvalue weighted by Crippen LogP contribution is 2.55. The van der Waals surface area contributed by atoms with Gasteiger partial charge in [0, 0.05) is 31.7 Å². The first-order valence-corrected chi connectivity index (χ1v) is 14.2. The van der Waals surface area contributed by atoms with Gasteiger partial charge < -0.3 is 29.7 Å². The molecule has 0 unspecified atom stereocenters. The van der Waals surface area contributed by atoms with Crippen LogP contribution in [0, 0.1) is 11.8 Å². The second-order valence-electron chi connectivity index (χ2n) is 12.1. The molecule has 39 heavy (non-hydrogen) atoms. The van der Waals surface area contributed by atoms with Crippen LogP contribution in [0.25, 0.3) is 0 Å². The van der Waals surface area contributed by atoms with Crippen molar-refractivity contribution >= 4 is 23.7 Å².